The molecule has 0 unspecified atom stereocenters. The number of ether oxygens (including phenoxy) is 2. The van der Waals surface area contributed by atoms with Crippen LogP contribution in [0.2, 0.25) is 0 Å². The molecule has 1 heterocycles. The predicted molar refractivity (Wildman–Crippen MR) is 79.6 cm³/mol. The summed E-state index contributed by atoms with van der Waals surface area (Å²) in [7, 11) is 0. The van der Waals surface area contributed by atoms with Crippen LogP contribution in [0.15, 0.2) is 22.8 Å². The lowest BCUT2D eigenvalue weighted by molar-refractivity contribution is -0.163. The Morgan fingerprint density at radius 2 is 2.08 bits per heavy atom. The molecule has 0 saturated carbocycles. The zero-order valence-electron chi connectivity index (χ0n) is 13.4. The van der Waals surface area contributed by atoms with Crippen molar-refractivity contribution >= 4 is 23.7 Å². The number of carboxylic acid groups (broad SMARTS) is 1. The molecule has 0 spiro atoms. The molecule has 3 rings (SSSR count). The third kappa shape index (κ3) is 2.53. The fraction of sp³-hybridized carbons (Fsp3) is 0.529. The van der Waals surface area contributed by atoms with Gasteiger partial charge in [-0.2, -0.15) is 0 Å². The van der Waals surface area contributed by atoms with E-state index in [1.54, 1.807) is 0 Å². The van der Waals surface area contributed by atoms with Crippen molar-refractivity contribution in [2.75, 3.05) is 6.61 Å². The topological polar surface area (TPSA) is 107 Å². The van der Waals surface area contributed by atoms with Crippen LogP contribution in [0.3, 0.4) is 0 Å². The van der Waals surface area contributed by atoms with Gasteiger partial charge in [0.25, 0.3) is 0 Å². The number of carboxylic acids is 1. The van der Waals surface area contributed by atoms with E-state index in [9.17, 15) is 19.2 Å². The zero-order chi connectivity index (χ0) is 17.6. The molecule has 7 nitrogen and oxygen atoms in total. The van der Waals surface area contributed by atoms with Crippen molar-refractivity contribution in [1.82, 2.24) is 0 Å². The van der Waals surface area contributed by atoms with Gasteiger partial charge in [-0.3, -0.25) is 9.59 Å². The monoisotopic (exact) mass is 334 g/mol. The van der Waals surface area contributed by atoms with Gasteiger partial charge >= 0.3 is 17.9 Å². The number of fused-ring (bicyclic) bond motifs is 3. The number of carbonyl (C=O) groups excluding carboxylic acids is 3. The number of hydrogen-bond donors (Lipinski definition) is 1. The van der Waals surface area contributed by atoms with Gasteiger partial charge in [0, 0.05) is 17.4 Å². The van der Waals surface area contributed by atoms with Crippen molar-refractivity contribution in [3.8, 4) is 0 Å². The van der Waals surface area contributed by atoms with Crippen LogP contribution in [-0.2, 0) is 28.7 Å². The van der Waals surface area contributed by atoms with Gasteiger partial charge in [0.2, 0.25) is 0 Å². The van der Waals surface area contributed by atoms with Gasteiger partial charge in [0.15, 0.2) is 5.78 Å². The molecule has 0 aromatic rings. The first kappa shape index (κ1) is 16.4. The summed E-state index contributed by atoms with van der Waals surface area (Å²) >= 11 is 0. The molecule has 24 heavy (non-hydrogen) atoms. The van der Waals surface area contributed by atoms with E-state index in [1.165, 1.54) is 6.08 Å². The molecule has 128 valence electrons. The number of esters is 2. The smallest absolute Gasteiger partial charge is 0.417 e. The SMILES string of the molecule is CC1=C2C(=O)C=C(COC(=O)C(=O)O)[C@@H]2[C@H]2OC(=O)[C@@H](C)[C@@H]2CC1. The largest absolute Gasteiger partial charge is 0.473 e. The maximum Gasteiger partial charge on any atom is 0.417 e. The van der Waals surface area contributed by atoms with Crippen LogP contribution in [0.25, 0.3) is 0 Å². The first-order chi connectivity index (χ1) is 11.3. The fourth-order valence-corrected chi connectivity index (χ4v) is 3.90. The van der Waals surface area contributed by atoms with E-state index in [1.807, 2.05) is 13.8 Å². The number of ketones is 1. The highest BCUT2D eigenvalue weighted by Gasteiger charge is 2.51. The Bertz CT molecular complexity index is 700. The minimum atomic E-state index is -1.69. The van der Waals surface area contributed by atoms with Crippen LogP contribution in [0.1, 0.15) is 26.7 Å². The molecule has 4 atom stereocenters. The number of hydrogen-bond acceptors (Lipinski definition) is 6. The lowest BCUT2D eigenvalue weighted by Crippen LogP contribution is -2.30. The van der Waals surface area contributed by atoms with Crippen LogP contribution in [0.4, 0.5) is 0 Å². The fourth-order valence-electron chi connectivity index (χ4n) is 3.90. The molecule has 1 saturated heterocycles. The number of rotatable bonds is 2. The molecule has 7 heteroatoms. The Labute approximate surface area is 138 Å². The molecular formula is C17H18O7. The van der Waals surface area contributed by atoms with Crippen LogP contribution in [0.5, 0.6) is 0 Å². The predicted octanol–water partition coefficient (Wildman–Crippen LogP) is 1.03. The number of carbonyl (C=O) groups is 4. The maximum absolute atomic E-state index is 12.4. The molecule has 1 N–H and O–H groups in total. The van der Waals surface area contributed by atoms with Crippen LogP contribution >= 0.6 is 0 Å². The molecule has 3 aliphatic rings. The molecular weight excluding hydrogens is 316 g/mol. The normalized spacial score (nSPS) is 31.8. The van der Waals surface area contributed by atoms with Crippen LogP contribution in [0, 0.1) is 17.8 Å². The second-order valence-electron chi connectivity index (χ2n) is 6.53. The minimum absolute atomic E-state index is 0.0144. The summed E-state index contributed by atoms with van der Waals surface area (Å²) in [5.74, 6) is -4.26. The molecule has 0 aromatic heterocycles. The summed E-state index contributed by atoms with van der Waals surface area (Å²) in [5, 5.41) is 8.61. The third-order valence-corrected chi connectivity index (χ3v) is 5.17. The van der Waals surface area contributed by atoms with Gasteiger partial charge in [-0.05, 0) is 31.4 Å². The third-order valence-electron chi connectivity index (χ3n) is 5.17. The maximum atomic E-state index is 12.4. The quantitative estimate of drug-likeness (QED) is 0.593. The summed E-state index contributed by atoms with van der Waals surface area (Å²) in [4.78, 5) is 46.1. The Hall–Kier alpha value is -2.44. The highest BCUT2D eigenvalue weighted by Crippen LogP contribution is 2.47. The van der Waals surface area contributed by atoms with Gasteiger partial charge in [-0.25, -0.2) is 9.59 Å². The first-order valence-corrected chi connectivity index (χ1v) is 7.86. The van der Waals surface area contributed by atoms with Gasteiger partial charge < -0.3 is 14.6 Å². The number of allylic oxidation sites excluding steroid dienone is 2. The van der Waals surface area contributed by atoms with E-state index in [0.717, 1.165) is 12.0 Å². The minimum Gasteiger partial charge on any atom is -0.473 e. The van der Waals surface area contributed by atoms with Crippen LogP contribution in [-0.4, -0.2) is 41.5 Å². The van der Waals surface area contributed by atoms with Crippen molar-refractivity contribution in [1.29, 1.82) is 0 Å². The second kappa shape index (κ2) is 5.89. The van der Waals surface area contributed by atoms with Gasteiger partial charge in [0.1, 0.15) is 12.7 Å². The lowest BCUT2D eigenvalue weighted by Gasteiger charge is -2.25. The van der Waals surface area contributed by atoms with E-state index >= 15 is 0 Å². The van der Waals surface area contributed by atoms with Gasteiger partial charge in [-0.15, -0.1) is 0 Å². The summed E-state index contributed by atoms with van der Waals surface area (Å²) in [5.41, 5.74) is 2.02. The molecule has 0 bridgehead atoms. The van der Waals surface area contributed by atoms with Crippen LogP contribution < -0.4 is 0 Å². The Balaban J connectivity index is 1.91. The van der Waals surface area contributed by atoms with Crippen molar-refractivity contribution in [2.45, 2.75) is 32.8 Å². The van der Waals surface area contributed by atoms with Crippen molar-refractivity contribution < 1.29 is 33.8 Å². The molecule has 2 aliphatic carbocycles. The average molecular weight is 334 g/mol. The Morgan fingerprint density at radius 1 is 1.38 bits per heavy atom. The highest BCUT2D eigenvalue weighted by molar-refractivity contribution is 6.28. The molecule has 0 radical (unpaired) electrons. The van der Waals surface area contributed by atoms with Crippen molar-refractivity contribution in [3.05, 3.63) is 22.8 Å². The Morgan fingerprint density at radius 3 is 2.75 bits per heavy atom. The van der Waals surface area contributed by atoms with E-state index in [2.05, 4.69) is 0 Å². The second-order valence-corrected chi connectivity index (χ2v) is 6.53. The van der Waals surface area contributed by atoms with Crippen molar-refractivity contribution in [3.63, 3.8) is 0 Å². The van der Waals surface area contributed by atoms with Gasteiger partial charge in [-0.1, -0.05) is 12.5 Å². The van der Waals surface area contributed by atoms with E-state index in [-0.39, 0.29) is 30.2 Å². The summed E-state index contributed by atoms with van der Waals surface area (Å²) in [6.07, 6.45) is 2.35. The summed E-state index contributed by atoms with van der Waals surface area (Å²) < 4.78 is 10.3. The first-order valence-electron chi connectivity index (χ1n) is 7.86. The highest BCUT2D eigenvalue weighted by atomic mass is 16.6. The molecule has 1 fully saturated rings. The summed E-state index contributed by atoms with van der Waals surface area (Å²) in [6.45, 7) is 3.40. The molecule has 0 amide bonds. The summed E-state index contributed by atoms with van der Waals surface area (Å²) in [6, 6.07) is 0. The molecule has 1 aliphatic heterocycles. The Kier molecular flexibility index (Phi) is 4.03. The van der Waals surface area contributed by atoms with E-state index in [4.69, 9.17) is 14.6 Å². The number of aliphatic carboxylic acids is 1. The molecule has 0 aromatic carbocycles. The zero-order valence-corrected chi connectivity index (χ0v) is 13.4. The average Bonchev–Trinajstić information content (AvgIpc) is 2.94. The lowest BCUT2D eigenvalue weighted by atomic mass is 9.81. The van der Waals surface area contributed by atoms with Crippen molar-refractivity contribution in [2.24, 2.45) is 17.8 Å². The van der Waals surface area contributed by atoms with Gasteiger partial charge in [0.05, 0.1) is 5.92 Å². The van der Waals surface area contributed by atoms with E-state index in [0.29, 0.717) is 17.6 Å². The van der Waals surface area contributed by atoms with E-state index < -0.39 is 24.0 Å². The standard InChI is InChI=1S/C17H18O7/c1-7-3-4-10-8(2)16(21)24-14(10)13-9(5-11(18)12(7)13)6-23-17(22)15(19)20/h5,8,10,13-14H,3-4,6H2,1-2H3,(H,19,20)/t8-,10-,13-,14-/m0/s1.